The van der Waals surface area contributed by atoms with E-state index in [1.807, 2.05) is 25.1 Å². The molecule has 1 atom stereocenters. The van der Waals surface area contributed by atoms with Gasteiger partial charge in [0.2, 0.25) is 5.91 Å². The maximum Gasteiger partial charge on any atom is 0.239 e. The molecule has 0 saturated carbocycles. The summed E-state index contributed by atoms with van der Waals surface area (Å²) in [5.74, 6) is -0.0336. The van der Waals surface area contributed by atoms with Crippen LogP contribution >= 0.6 is 0 Å². The van der Waals surface area contributed by atoms with Crippen molar-refractivity contribution in [2.45, 2.75) is 45.7 Å². The number of rotatable bonds is 7. The van der Waals surface area contributed by atoms with Crippen molar-refractivity contribution in [1.29, 1.82) is 5.26 Å². The Kier molecular flexibility index (Phi) is 6.75. The van der Waals surface area contributed by atoms with Gasteiger partial charge in [0.1, 0.15) is 0 Å². The van der Waals surface area contributed by atoms with E-state index in [1.165, 1.54) is 0 Å². The number of nitriles is 1. The van der Waals surface area contributed by atoms with Crippen molar-refractivity contribution in [2.24, 2.45) is 5.73 Å². The van der Waals surface area contributed by atoms with Crippen LogP contribution in [0.5, 0.6) is 0 Å². The van der Waals surface area contributed by atoms with Gasteiger partial charge >= 0.3 is 0 Å². The van der Waals surface area contributed by atoms with Crippen LogP contribution in [0, 0.1) is 11.3 Å². The monoisotopic (exact) mass is 273 g/mol. The lowest BCUT2D eigenvalue weighted by molar-refractivity contribution is -0.133. The lowest BCUT2D eigenvalue weighted by Gasteiger charge is -2.24. The van der Waals surface area contributed by atoms with Crippen LogP contribution in [0.1, 0.15) is 44.2 Å². The first-order valence-electron chi connectivity index (χ1n) is 7.16. The van der Waals surface area contributed by atoms with Gasteiger partial charge in [-0.2, -0.15) is 5.26 Å². The van der Waals surface area contributed by atoms with Crippen molar-refractivity contribution in [1.82, 2.24) is 4.90 Å². The summed E-state index contributed by atoms with van der Waals surface area (Å²) in [7, 11) is 0. The smallest absolute Gasteiger partial charge is 0.239 e. The molecule has 1 aromatic carbocycles. The molecule has 20 heavy (non-hydrogen) atoms. The van der Waals surface area contributed by atoms with Gasteiger partial charge in [0.05, 0.1) is 17.7 Å². The molecule has 0 fully saturated rings. The van der Waals surface area contributed by atoms with Gasteiger partial charge in [-0.05, 0) is 25.0 Å². The summed E-state index contributed by atoms with van der Waals surface area (Å²) in [6.45, 7) is 5.05. The molecule has 4 nitrogen and oxygen atoms in total. The lowest BCUT2D eigenvalue weighted by atomic mass is 10.1. The molecular weight excluding hydrogens is 250 g/mol. The van der Waals surface area contributed by atoms with Gasteiger partial charge in [0, 0.05) is 13.1 Å². The van der Waals surface area contributed by atoms with Crippen molar-refractivity contribution < 1.29 is 4.79 Å². The third-order valence-electron chi connectivity index (χ3n) is 3.38. The predicted octanol–water partition coefficient (Wildman–Crippen LogP) is 2.42. The first kappa shape index (κ1) is 16.2. The van der Waals surface area contributed by atoms with Gasteiger partial charge in [-0.3, -0.25) is 4.79 Å². The van der Waals surface area contributed by atoms with E-state index in [9.17, 15) is 4.79 Å². The molecule has 0 saturated heterocycles. The summed E-state index contributed by atoms with van der Waals surface area (Å²) >= 11 is 0. The highest BCUT2D eigenvalue weighted by Crippen LogP contribution is 2.12. The topological polar surface area (TPSA) is 70.1 Å². The first-order valence-corrected chi connectivity index (χ1v) is 7.16. The van der Waals surface area contributed by atoms with Crippen molar-refractivity contribution in [3.05, 3.63) is 35.4 Å². The van der Waals surface area contributed by atoms with Crippen molar-refractivity contribution in [3.63, 3.8) is 0 Å². The molecule has 0 aromatic heterocycles. The molecule has 1 amide bonds. The third kappa shape index (κ3) is 4.36. The zero-order valence-corrected chi connectivity index (χ0v) is 12.3. The van der Waals surface area contributed by atoms with Gasteiger partial charge in [0.15, 0.2) is 0 Å². The average Bonchev–Trinajstić information content (AvgIpc) is 2.49. The molecule has 108 valence electrons. The minimum Gasteiger partial charge on any atom is -0.337 e. The quantitative estimate of drug-likeness (QED) is 0.829. The fourth-order valence-corrected chi connectivity index (χ4v) is 2.10. The van der Waals surface area contributed by atoms with Gasteiger partial charge in [-0.1, -0.05) is 38.0 Å². The van der Waals surface area contributed by atoms with Gasteiger partial charge in [0.25, 0.3) is 0 Å². The molecule has 0 unspecified atom stereocenters. The van der Waals surface area contributed by atoms with E-state index in [0.717, 1.165) is 18.4 Å². The second kappa shape index (κ2) is 8.34. The number of nitrogens with two attached hydrogens (primary N) is 1. The molecule has 1 aromatic rings. The molecule has 0 spiro atoms. The van der Waals surface area contributed by atoms with Crippen LogP contribution in [0.25, 0.3) is 0 Å². The Morgan fingerprint density at radius 1 is 1.40 bits per heavy atom. The van der Waals surface area contributed by atoms with Gasteiger partial charge < -0.3 is 10.6 Å². The van der Waals surface area contributed by atoms with Crippen molar-refractivity contribution in [2.75, 3.05) is 6.54 Å². The summed E-state index contributed by atoms with van der Waals surface area (Å²) in [6, 6.07) is 9.07. The second-order valence-corrected chi connectivity index (χ2v) is 4.87. The Balaban J connectivity index is 2.76. The number of carbonyl (C=O) groups is 1. The summed E-state index contributed by atoms with van der Waals surface area (Å²) in [4.78, 5) is 14.0. The van der Waals surface area contributed by atoms with Crippen molar-refractivity contribution >= 4 is 5.91 Å². The fourth-order valence-electron chi connectivity index (χ4n) is 2.10. The minimum absolute atomic E-state index is 0.0336. The van der Waals surface area contributed by atoms with E-state index in [1.54, 1.807) is 11.0 Å². The number of likely N-dealkylation sites (N-methyl/N-ethyl adjacent to an activating group) is 1. The zero-order valence-electron chi connectivity index (χ0n) is 12.3. The Labute approximate surface area is 121 Å². The molecule has 0 aliphatic rings. The zero-order chi connectivity index (χ0) is 15.0. The average molecular weight is 273 g/mol. The molecule has 0 heterocycles. The van der Waals surface area contributed by atoms with Crippen LogP contribution in [-0.4, -0.2) is 23.4 Å². The molecule has 0 bridgehead atoms. The highest BCUT2D eigenvalue weighted by atomic mass is 16.2. The standard InChI is InChI=1S/C16H23N3O/c1-3-5-10-15(18)16(20)19(4-2)12-14-9-7-6-8-13(14)11-17/h6-9,15H,3-5,10,12,18H2,1-2H3/t15-/m0/s1. The number of nitrogens with zero attached hydrogens (tertiary/aromatic N) is 2. The Morgan fingerprint density at radius 2 is 2.10 bits per heavy atom. The number of hydrogen-bond donors (Lipinski definition) is 1. The molecule has 0 aliphatic heterocycles. The fraction of sp³-hybridized carbons (Fsp3) is 0.500. The number of benzene rings is 1. The Hall–Kier alpha value is -1.86. The van der Waals surface area contributed by atoms with Crippen LogP contribution in [0.3, 0.4) is 0 Å². The molecule has 2 N–H and O–H groups in total. The molecular formula is C16H23N3O. The number of hydrogen-bond acceptors (Lipinski definition) is 3. The van der Waals surface area contributed by atoms with Crippen LogP contribution in [0.2, 0.25) is 0 Å². The predicted molar refractivity (Wildman–Crippen MR) is 79.7 cm³/mol. The van der Waals surface area contributed by atoms with Crippen molar-refractivity contribution in [3.8, 4) is 6.07 Å². The van der Waals surface area contributed by atoms with E-state index in [2.05, 4.69) is 13.0 Å². The van der Waals surface area contributed by atoms with Crippen LogP contribution < -0.4 is 5.73 Å². The number of amides is 1. The van der Waals surface area contributed by atoms with E-state index >= 15 is 0 Å². The van der Waals surface area contributed by atoms with Gasteiger partial charge in [-0.25, -0.2) is 0 Å². The molecule has 1 rings (SSSR count). The van der Waals surface area contributed by atoms with E-state index in [0.29, 0.717) is 25.1 Å². The molecule has 4 heteroatoms. The van der Waals surface area contributed by atoms with E-state index < -0.39 is 6.04 Å². The summed E-state index contributed by atoms with van der Waals surface area (Å²) in [5.41, 5.74) is 7.43. The van der Waals surface area contributed by atoms with Crippen LogP contribution in [-0.2, 0) is 11.3 Å². The lowest BCUT2D eigenvalue weighted by Crippen LogP contribution is -2.43. The maximum absolute atomic E-state index is 12.3. The maximum atomic E-state index is 12.3. The van der Waals surface area contributed by atoms with E-state index in [-0.39, 0.29) is 5.91 Å². The van der Waals surface area contributed by atoms with Gasteiger partial charge in [-0.15, -0.1) is 0 Å². The highest BCUT2D eigenvalue weighted by molar-refractivity contribution is 5.81. The summed E-state index contributed by atoms with van der Waals surface area (Å²) < 4.78 is 0. The molecule has 0 radical (unpaired) electrons. The number of carbonyl (C=O) groups excluding carboxylic acids is 1. The highest BCUT2D eigenvalue weighted by Gasteiger charge is 2.20. The largest absolute Gasteiger partial charge is 0.337 e. The molecule has 0 aliphatic carbocycles. The summed E-state index contributed by atoms with van der Waals surface area (Å²) in [5, 5.41) is 9.09. The van der Waals surface area contributed by atoms with Crippen LogP contribution in [0.15, 0.2) is 24.3 Å². The first-order chi connectivity index (χ1) is 9.63. The summed E-state index contributed by atoms with van der Waals surface area (Å²) in [6.07, 6.45) is 2.70. The minimum atomic E-state index is -0.441. The Morgan fingerprint density at radius 3 is 2.70 bits per heavy atom. The SMILES string of the molecule is CCCC[C@H](N)C(=O)N(CC)Cc1ccccc1C#N. The third-order valence-corrected chi connectivity index (χ3v) is 3.38. The van der Waals surface area contributed by atoms with E-state index in [4.69, 9.17) is 11.0 Å². The number of unbranched alkanes of at least 4 members (excludes halogenated alkanes) is 1. The Bertz CT molecular complexity index is 479. The normalized spacial score (nSPS) is 11.7. The van der Waals surface area contributed by atoms with Crippen LogP contribution in [0.4, 0.5) is 0 Å². The second-order valence-electron chi connectivity index (χ2n) is 4.87.